The molecule has 1 atom stereocenters. The summed E-state index contributed by atoms with van der Waals surface area (Å²) in [6.07, 6.45) is 1.40. The normalized spacial score (nSPS) is 16.3. The van der Waals surface area contributed by atoms with Gasteiger partial charge in [-0.15, -0.1) is 0 Å². The summed E-state index contributed by atoms with van der Waals surface area (Å²) in [5.74, 6) is -0.503. The number of thiazole rings is 1. The maximum absolute atomic E-state index is 14.2. The van der Waals surface area contributed by atoms with E-state index in [0.717, 1.165) is 5.56 Å². The summed E-state index contributed by atoms with van der Waals surface area (Å²) < 4.78 is 29.1. The van der Waals surface area contributed by atoms with E-state index >= 15 is 0 Å². The van der Waals surface area contributed by atoms with Crippen molar-refractivity contribution in [1.82, 2.24) is 19.5 Å². The Hall–Kier alpha value is -3.04. The van der Waals surface area contributed by atoms with Gasteiger partial charge in [0.25, 0.3) is 0 Å². The van der Waals surface area contributed by atoms with Gasteiger partial charge >= 0.3 is 0 Å². The molecule has 154 valence electrons. The molecule has 2 aromatic heterocycles. The number of fused-ring (bicyclic) bond motifs is 1. The lowest BCUT2D eigenvalue weighted by atomic mass is 10.0. The van der Waals surface area contributed by atoms with Crippen LogP contribution in [0.3, 0.4) is 0 Å². The molecule has 0 aliphatic carbocycles. The highest BCUT2D eigenvalue weighted by Crippen LogP contribution is 2.40. The number of nitrogens with zero attached hydrogens (tertiary/aromatic N) is 5. The summed E-state index contributed by atoms with van der Waals surface area (Å²) in [5, 5.41) is 14.8. The molecule has 1 saturated heterocycles. The minimum atomic E-state index is -0.311. The fraction of sp³-hybridized carbons (Fsp3) is 0.238. The molecular formula is C21H19F2N5OS. The van der Waals surface area contributed by atoms with Gasteiger partial charge < -0.3 is 10.0 Å². The molecule has 3 heterocycles. The molecule has 1 aliphatic heterocycles. The zero-order valence-corrected chi connectivity index (χ0v) is 16.8. The minimum Gasteiger partial charge on any atom is -0.492 e. The largest absolute Gasteiger partial charge is 0.492 e. The number of piperazine rings is 1. The average molecular weight is 427 g/mol. The Morgan fingerprint density at radius 1 is 0.967 bits per heavy atom. The summed E-state index contributed by atoms with van der Waals surface area (Å²) in [7, 11) is 0. The van der Waals surface area contributed by atoms with Crippen LogP contribution in [0.1, 0.15) is 16.5 Å². The van der Waals surface area contributed by atoms with Crippen LogP contribution in [-0.4, -0.2) is 50.8 Å². The molecule has 0 amide bonds. The lowest BCUT2D eigenvalue weighted by molar-refractivity contribution is 0.210. The van der Waals surface area contributed by atoms with Crippen molar-refractivity contribution in [2.45, 2.75) is 6.04 Å². The van der Waals surface area contributed by atoms with Crippen LogP contribution in [0.15, 0.2) is 54.9 Å². The van der Waals surface area contributed by atoms with Gasteiger partial charge in [0, 0.05) is 26.2 Å². The molecule has 0 radical (unpaired) electrons. The van der Waals surface area contributed by atoms with Crippen LogP contribution in [0.5, 0.6) is 5.88 Å². The zero-order valence-electron chi connectivity index (χ0n) is 15.9. The number of benzene rings is 2. The third kappa shape index (κ3) is 3.29. The molecule has 5 rings (SSSR count). The topological polar surface area (TPSA) is 56.9 Å². The third-order valence-electron chi connectivity index (χ3n) is 5.45. The Balaban J connectivity index is 1.47. The average Bonchev–Trinajstić information content (AvgIpc) is 3.34. The van der Waals surface area contributed by atoms with E-state index in [0.29, 0.717) is 41.7 Å². The van der Waals surface area contributed by atoms with E-state index in [9.17, 15) is 13.9 Å². The molecule has 1 fully saturated rings. The van der Waals surface area contributed by atoms with E-state index in [2.05, 4.69) is 15.0 Å². The molecule has 0 bridgehead atoms. The first-order valence-electron chi connectivity index (χ1n) is 9.62. The molecule has 0 spiro atoms. The van der Waals surface area contributed by atoms with Gasteiger partial charge in [0.15, 0.2) is 0 Å². The summed E-state index contributed by atoms with van der Waals surface area (Å²) in [6, 6.07) is 12.8. The van der Waals surface area contributed by atoms with E-state index in [1.54, 1.807) is 24.3 Å². The van der Waals surface area contributed by atoms with Gasteiger partial charge in [-0.05, 0) is 29.8 Å². The molecule has 0 saturated carbocycles. The first kappa shape index (κ1) is 19.0. The summed E-state index contributed by atoms with van der Waals surface area (Å²) >= 11 is 1.36. The summed E-state index contributed by atoms with van der Waals surface area (Å²) in [6.45, 7) is 2.59. The highest BCUT2D eigenvalue weighted by molar-refractivity contribution is 7.17. The quantitative estimate of drug-likeness (QED) is 0.538. The van der Waals surface area contributed by atoms with Crippen LogP contribution in [0.2, 0.25) is 0 Å². The molecular weight excluding hydrogens is 408 g/mol. The van der Waals surface area contributed by atoms with Crippen molar-refractivity contribution in [3.05, 3.63) is 76.9 Å². The van der Waals surface area contributed by atoms with Crippen molar-refractivity contribution in [1.29, 1.82) is 0 Å². The second-order valence-electron chi connectivity index (χ2n) is 7.17. The molecule has 1 unspecified atom stereocenters. The second-order valence-corrected chi connectivity index (χ2v) is 8.18. The van der Waals surface area contributed by atoms with Crippen molar-refractivity contribution in [2.24, 2.45) is 0 Å². The lowest BCUT2D eigenvalue weighted by Gasteiger charge is -2.40. The van der Waals surface area contributed by atoms with Crippen LogP contribution in [0.4, 0.5) is 14.5 Å². The van der Waals surface area contributed by atoms with Crippen molar-refractivity contribution in [3.63, 3.8) is 0 Å². The van der Waals surface area contributed by atoms with Gasteiger partial charge in [0.05, 0.1) is 16.6 Å². The number of rotatable bonds is 4. The SMILES string of the molecule is Oc1c(C(c2ccc(F)cc2)N2CCN(c3ccccc3F)CC2)sc2ncnn12. The zero-order chi connectivity index (χ0) is 20.7. The predicted molar refractivity (Wildman–Crippen MR) is 111 cm³/mol. The number of para-hydroxylation sites is 1. The highest BCUT2D eigenvalue weighted by atomic mass is 32.1. The molecule has 1 N–H and O–H groups in total. The van der Waals surface area contributed by atoms with Crippen LogP contribution < -0.4 is 4.90 Å². The number of hydrogen-bond donors (Lipinski definition) is 1. The molecule has 30 heavy (non-hydrogen) atoms. The van der Waals surface area contributed by atoms with Gasteiger partial charge in [0.1, 0.15) is 18.0 Å². The molecule has 6 nitrogen and oxygen atoms in total. The Kier molecular flexibility index (Phi) is 4.84. The Bertz CT molecular complexity index is 1170. The van der Waals surface area contributed by atoms with Crippen molar-refractivity contribution in [3.8, 4) is 5.88 Å². The molecule has 4 aromatic rings. The maximum atomic E-state index is 14.2. The van der Waals surface area contributed by atoms with Gasteiger partial charge in [-0.3, -0.25) is 4.90 Å². The molecule has 2 aromatic carbocycles. The molecule has 9 heteroatoms. The second kappa shape index (κ2) is 7.66. The van der Waals surface area contributed by atoms with Crippen LogP contribution >= 0.6 is 11.3 Å². The smallest absolute Gasteiger partial charge is 0.230 e. The van der Waals surface area contributed by atoms with Crippen molar-refractivity contribution >= 4 is 22.0 Å². The molecule has 1 aliphatic rings. The van der Waals surface area contributed by atoms with Crippen LogP contribution in [-0.2, 0) is 0 Å². The summed E-state index contributed by atoms with van der Waals surface area (Å²) in [5.41, 5.74) is 1.47. The number of halogens is 2. The standard InChI is InChI=1S/C21H19F2N5OS/c22-15-7-5-14(6-8-15)18(19-20(29)28-21(30-19)24-13-25-28)27-11-9-26(10-12-27)17-4-2-1-3-16(17)23/h1-8,13,18,29H,9-12H2. The number of anilines is 1. The van der Waals surface area contributed by atoms with Crippen molar-refractivity contribution < 1.29 is 13.9 Å². The monoisotopic (exact) mass is 427 g/mol. The van der Waals surface area contributed by atoms with Crippen LogP contribution in [0.25, 0.3) is 4.96 Å². The number of hydrogen-bond acceptors (Lipinski definition) is 6. The fourth-order valence-corrected chi connectivity index (χ4v) is 5.07. The van der Waals surface area contributed by atoms with E-state index in [1.165, 1.54) is 40.4 Å². The summed E-state index contributed by atoms with van der Waals surface area (Å²) in [4.78, 5) is 9.72. The Labute approximate surface area is 175 Å². The van der Waals surface area contributed by atoms with Crippen LogP contribution in [0, 0.1) is 11.6 Å². The minimum absolute atomic E-state index is 0.0401. The van der Waals surface area contributed by atoms with E-state index in [-0.39, 0.29) is 23.6 Å². The first-order valence-corrected chi connectivity index (χ1v) is 10.4. The van der Waals surface area contributed by atoms with E-state index in [1.807, 2.05) is 11.0 Å². The Morgan fingerprint density at radius 2 is 1.70 bits per heavy atom. The van der Waals surface area contributed by atoms with E-state index < -0.39 is 0 Å². The number of aromatic nitrogens is 3. The predicted octanol–water partition coefficient (Wildman–Crippen LogP) is 3.69. The first-order chi connectivity index (χ1) is 14.6. The highest BCUT2D eigenvalue weighted by Gasteiger charge is 2.32. The van der Waals surface area contributed by atoms with Gasteiger partial charge in [-0.25, -0.2) is 13.8 Å². The third-order valence-corrected chi connectivity index (χ3v) is 6.53. The number of aromatic hydroxyl groups is 1. The lowest BCUT2D eigenvalue weighted by Crippen LogP contribution is -2.48. The van der Waals surface area contributed by atoms with Gasteiger partial charge in [0.2, 0.25) is 10.8 Å². The van der Waals surface area contributed by atoms with Gasteiger partial charge in [-0.2, -0.15) is 9.61 Å². The van der Waals surface area contributed by atoms with Crippen molar-refractivity contribution in [2.75, 3.05) is 31.1 Å². The Morgan fingerprint density at radius 3 is 2.40 bits per heavy atom. The fourth-order valence-electron chi connectivity index (χ4n) is 3.97. The van der Waals surface area contributed by atoms with Gasteiger partial charge in [-0.1, -0.05) is 35.6 Å². The van der Waals surface area contributed by atoms with E-state index in [4.69, 9.17) is 0 Å². The maximum Gasteiger partial charge on any atom is 0.230 e.